The van der Waals surface area contributed by atoms with Gasteiger partial charge in [-0.1, -0.05) is 18.5 Å². The summed E-state index contributed by atoms with van der Waals surface area (Å²) < 4.78 is 6.67. The van der Waals surface area contributed by atoms with E-state index in [4.69, 9.17) is 16.3 Å². The second-order valence-corrected chi connectivity index (χ2v) is 6.56. The van der Waals surface area contributed by atoms with Crippen LogP contribution in [0.25, 0.3) is 0 Å². The van der Waals surface area contributed by atoms with E-state index in [-0.39, 0.29) is 0 Å². The molecule has 1 aliphatic heterocycles. The largest absolute Gasteiger partial charge is 0.378 e. The molecule has 2 heterocycles. The number of halogens is 1. The van der Waals surface area contributed by atoms with Gasteiger partial charge < -0.3 is 10.1 Å². The van der Waals surface area contributed by atoms with E-state index in [1.165, 1.54) is 24.1 Å². The summed E-state index contributed by atoms with van der Waals surface area (Å²) >= 11 is 7.70. The Kier molecular flexibility index (Phi) is 5.96. The lowest BCUT2D eigenvalue weighted by Crippen LogP contribution is -2.24. The Morgan fingerprint density at radius 1 is 1.50 bits per heavy atom. The van der Waals surface area contributed by atoms with Crippen LogP contribution in [0.1, 0.15) is 49.9 Å². The van der Waals surface area contributed by atoms with Crippen LogP contribution in [-0.4, -0.2) is 19.3 Å². The van der Waals surface area contributed by atoms with Gasteiger partial charge in [0, 0.05) is 17.5 Å². The summed E-state index contributed by atoms with van der Waals surface area (Å²) in [6, 6.07) is 4.56. The van der Waals surface area contributed by atoms with Crippen molar-refractivity contribution in [3.63, 3.8) is 0 Å². The lowest BCUT2D eigenvalue weighted by atomic mass is 10.0. The van der Waals surface area contributed by atoms with Crippen LogP contribution in [0, 0.1) is 0 Å². The van der Waals surface area contributed by atoms with E-state index in [1.54, 1.807) is 11.3 Å². The summed E-state index contributed by atoms with van der Waals surface area (Å²) in [7, 11) is 0. The number of thiophene rings is 1. The van der Waals surface area contributed by atoms with Crippen molar-refractivity contribution >= 4 is 22.9 Å². The van der Waals surface area contributed by atoms with E-state index in [0.717, 1.165) is 30.3 Å². The summed E-state index contributed by atoms with van der Waals surface area (Å²) in [5.74, 6) is 0. The highest BCUT2D eigenvalue weighted by atomic mass is 35.5. The predicted octanol–water partition coefficient (Wildman–Crippen LogP) is 4.40. The molecule has 4 heteroatoms. The van der Waals surface area contributed by atoms with Gasteiger partial charge in [0.05, 0.1) is 10.4 Å². The molecule has 1 aromatic heterocycles. The van der Waals surface area contributed by atoms with Crippen LogP contribution in [0.15, 0.2) is 12.1 Å². The third kappa shape index (κ3) is 4.23. The monoisotopic (exact) mass is 287 g/mol. The molecule has 0 amide bonds. The lowest BCUT2D eigenvalue weighted by molar-refractivity contribution is 0.00862. The first kappa shape index (κ1) is 14.3. The molecule has 102 valence electrons. The van der Waals surface area contributed by atoms with Crippen LogP contribution in [0.2, 0.25) is 4.34 Å². The first-order valence-electron chi connectivity index (χ1n) is 6.90. The number of hydrogen-bond donors (Lipinski definition) is 1. The minimum atomic E-state index is 0.429. The molecule has 1 aliphatic rings. The van der Waals surface area contributed by atoms with Crippen LogP contribution in [-0.2, 0) is 4.74 Å². The Morgan fingerprint density at radius 3 is 3.00 bits per heavy atom. The molecule has 0 spiro atoms. The SMILES string of the molecule is CCNC(CCC1CCCCO1)c1ccc(Cl)s1. The van der Waals surface area contributed by atoms with Crippen LogP contribution in [0.3, 0.4) is 0 Å². The number of ether oxygens (including phenoxy) is 1. The van der Waals surface area contributed by atoms with Crippen molar-refractivity contribution in [1.29, 1.82) is 0 Å². The Morgan fingerprint density at radius 2 is 2.39 bits per heavy atom. The molecule has 1 saturated heterocycles. The standard InChI is InChI=1S/C14H22ClNOS/c1-2-16-12(13-8-9-14(15)18-13)7-6-11-5-3-4-10-17-11/h8-9,11-12,16H,2-7,10H2,1H3. The molecular formula is C14H22ClNOS. The zero-order valence-corrected chi connectivity index (χ0v) is 12.5. The van der Waals surface area contributed by atoms with Crippen molar-refractivity contribution in [2.75, 3.05) is 13.2 Å². The second kappa shape index (κ2) is 7.49. The van der Waals surface area contributed by atoms with Gasteiger partial charge in [-0.2, -0.15) is 0 Å². The van der Waals surface area contributed by atoms with E-state index in [9.17, 15) is 0 Å². The van der Waals surface area contributed by atoms with E-state index in [1.807, 2.05) is 6.07 Å². The molecule has 0 aliphatic carbocycles. The number of nitrogens with one attached hydrogen (secondary N) is 1. The predicted molar refractivity (Wildman–Crippen MR) is 78.6 cm³/mol. The van der Waals surface area contributed by atoms with Crippen molar-refractivity contribution in [3.05, 3.63) is 21.3 Å². The minimum absolute atomic E-state index is 0.429. The Hall–Kier alpha value is -0.0900. The normalized spacial score (nSPS) is 22.0. The maximum atomic E-state index is 6.02. The average molecular weight is 288 g/mol. The second-order valence-electron chi connectivity index (χ2n) is 4.82. The Balaban J connectivity index is 1.85. The smallest absolute Gasteiger partial charge is 0.0931 e. The summed E-state index contributed by atoms with van der Waals surface area (Å²) in [5, 5.41) is 3.55. The first-order chi connectivity index (χ1) is 8.79. The maximum Gasteiger partial charge on any atom is 0.0931 e. The fraction of sp³-hybridized carbons (Fsp3) is 0.714. The first-order valence-corrected chi connectivity index (χ1v) is 8.09. The molecule has 1 N–H and O–H groups in total. The summed E-state index contributed by atoms with van der Waals surface area (Å²) in [4.78, 5) is 1.35. The van der Waals surface area contributed by atoms with Gasteiger partial charge in [0.2, 0.25) is 0 Å². The van der Waals surface area contributed by atoms with Gasteiger partial charge in [-0.05, 0) is 50.8 Å². The minimum Gasteiger partial charge on any atom is -0.378 e. The summed E-state index contributed by atoms with van der Waals surface area (Å²) in [6.45, 7) is 4.09. The molecule has 2 rings (SSSR count). The van der Waals surface area contributed by atoms with Gasteiger partial charge in [-0.15, -0.1) is 11.3 Å². The zero-order valence-electron chi connectivity index (χ0n) is 11.0. The third-order valence-corrected chi connectivity index (χ3v) is 4.78. The molecule has 0 saturated carbocycles. The zero-order chi connectivity index (χ0) is 12.8. The van der Waals surface area contributed by atoms with Crippen LogP contribution >= 0.6 is 22.9 Å². The van der Waals surface area contributed by atoms with Crippen LogP contribution in [0.4, 0.5) is 0 Å². The lowest BCUT2D eigenvalue weighted by Gasteiger charge is -2.25. The Bertz CT molecular complexity index is 349. The molecule has 2 atom stereocenters. The van der Waals surface area contributed by atoms with Gasteiger partial charge in [0.15, 0.2) is 0 Å². The van der Waals surface area contributed by atoms with Crippen molar-refractivity contribution in [3.8, 4) is 0 Å². The molecular weight excluding hydrogens is 266 g/mol. The summed E-state index contributed by atoms with van der Waals surface area (Å²) in [5.41, 5.74) is 0. The number of hydrogen-bond acceptors (Lipinski definition) is 3. The van der Waals surface area contributed by atoms with Crippen molar-refractivity contribution in [1.82, 2.24) is 5.32 Å². The molecule has 1 aromatic rings. The van der Waals surface area contributed by atoms with Gasteiger partial charge in [0.25, 0.3) is 0 Å². The quantitative estimate of drug-likeness (QED) is 0.837. The van der Waals surface area contributed by atoms with Crippen molar-refractivity contribution in [2.24, 2.45) is 0 Å². The van der Waals surface area contributed by atoms with Crippen LogP contribution in [0.5, 0.6) is 0 Å². The van der Waals surface area contributed by atoms with E-state index in [2.05, 4.69) is 18.3 Å². The maximum absolute atomic E-state index is 6.02. The topological polar surface area (TPSA) is 21.3 Å². The van der Waals surface area contributed by atoms with Gasteiger partial charge >= 0.3 is 0 Å². The fourth-order valence-corrected chi connectivity index (χ4v) is 3.67. The molecule has 2 unspecified atom stereocenters. The fourth-order valence-electron chi connectivity index (χ4n) is 2.49. The van der Waals surface area contributed by atoms with E-state index >= 15 is 0 Å². The Labute approximate surface area is 119 Å². The van der Waals surface area contributed by atoms with Crippen molar-refractivity contribution in [2.45, 2.75) is 51.2 Å². The highest BCUT2D eigenvalue weighted by Crippen LogP contribution is 2.30. The molecule has 0 bridgehead atoms. The molecule has 2 nitrogen and oxygen atoms in total. The van der Waals surface area contributed by atoms with E-state index in [0.29, 0.717) is 12.1 Å². The summed E-state index contributed by atoms with van der Waals surface area (Å²) in [6.07, 6.45) is 6.53. The van der Waals surface area contributed by atoms with E-state index < -0.39 is 0 Å². The molecule has 1 fully saturated rings. The molecule has 0 radical (unpaired) electrons. The van der Waals surface area contributed by atoms with Crippen LogP contribution < -0.4 is 5.32 Å². The third-order valence-electron chi connectivity index (χ3n) is 3.44. The average Bonchev–Trinajstić information content (AvgIpc) is 2.82. The molecule has 18 heavy (non-hydrogen) atoms. The van der Waals surface area contributed by atoms with Gasteiger partial charge in [0.1, 0.15) is 0 Å². The van der Waals surface area contributed by atoms with Crippen molar-refractivity contribution < 1.29 is 4.74 Å². The van der Waals surface area contributed by atoms with Gasteiger partial charge in [-0.3, -0.25) is 0 Å². The van der Waals surface area contributed by atoms with Gasteiger partial charge in [-0.25, -0.2) is 0 Å². The highest BCUT2D eigenvalue weighted by molar-refractivity contribution is 7.16. The molecule has 0 aromatic carbocycles. The highest BCUT2D eigenvalue weighted by Gasteiger charge is 2.18. The number of rotatable bonds is 6.